The monoisotopic (exact) mass is 280 g/mol. The molecule has 0 aromatic heterocycles. The topological polar surface area (TPSA) is 35.5 Å². The quantitative estimate of drug-likeness (QED) is 0.795. The zero-order valence-electron chi connectivity index (χ0n) is 12.7. The predicted molar refractivity (Wildman–Crippen MR) is 77.6 cm³/mol. The van der Waals surface area contributed by atoms with Gasteiger partial charge in [-0.15, -0.1) is 0 Å². The summed E-state index contributed by atoms with van der Waals surface area (Å²) < 4.78 is 11.6. The van der Waals surface area contributed by atoms with E-state index < -0.39 is 0 Å². The smallest absolute Gasteiger partial charge is 0.136 e. The first kappa shape index (κ1) is 14.5. The number of hydrogen-bond donors (Lipinski definition) is 0. The van der Waals surface area contributed by atoms with Crippen LogP contribution >= 0.6 is 0 Å². The molecular weight excluding hydrogens is 252 g/mol. The van der Waals surface area contributed by atoms with E-state index in [0.717, 1.165) is 64.3 Å². The van der Waals surface area contributed by atoms with Gasteiger partial charge in [-0.3, -0.25) is 4.79 Å². The van der Waals surface area contributed by atoms with Gasteiger partial charge in [0.15, 0.2) is 0 Å². The lowest BCUT2D eigenvalue weighted by molar-refractivity contribution is -0.137. The van der Waals surface area contributed by atoms with Gasteiger partial charge in [0.1, 0.15) is 5.78 Å². The highest BCUT2D eigenvalue weighted by atomic mass is 16.6. The number of ether oxygens (including phenoxy) is 2. The van der Waals surface area contributed by atoms with Crippen LogP contribution in [0, 0.1) is 17.8 Å². The lowest BCUT2D eigenvalue weighted by Crippen LogP contribution is -2.44. The Hall–Kier alpha value is -0.410. The van der Waals surface area contributed by atoms with E-state index in [0.29, 0.717) is 17.6 Å². The highest BCUT2D eigenvalue weighted by Crippen LogP contribution is 2.43. The van der Waals surface area contributed by atoms with Gasteiger partial charge in [-0.25, -0.2) is 0 Å². The first-order valence-corrected chi connectivity index (χ1v) is 8.47. The molecule has 20 heavy (non-hydrogen) atoms. The molecule has 3 aliphatic rings. The molecular formula is C17H28O3. The maximum absolute atomic E-state index is 12.4. The third-order valence-corrected chi connectivity index (χ3v) is 5.66. The van der Waals surface area contributed by atoms with Crippen LogP contribution < -0.4 is 0 Å². The van der Waals surface area contributed by atoms with Gasteiger partial charge in [0, 0.05) is 32.0 Å². The van der Waals surface area contributed by atoms with Crippen molar-refractivity contribution in [2.24, 2.45) is 17.8 Å². The third kappa shape index (κ3) is 2.94. The van der Waals surface area contributed by atoms with Crippen LogP contribution in [0.25, 0.3) is 0 Å². The van der Waals surface area contributed by atoms with Crippen LogP contribution in [0.1, 0.15) is 58.3 Å². The van der Waals surface area contributed by atoms with Crippen molar-refractivity contribution in [1.82, 2.24) is 0 Å². The average molecular weight is 280 g/mol. The standard InChI is InChI=1S/C17H28O3/c1-2-3-13-4-5-16(18)15(10-13)14-6-8-20-17(11-14)7-9-19-12-17/h13-15H,2-12H2,1H3. The lowest BCUT2D eigenvalue weighted by Gasteiger charge is -2.42. The summed E-state index contributed by atoms with van der Waals surface area (Å²) in [6.45, 7) is 4.63. The summed E-state index contributed by atoms with van der Waals surface area (Å²) >= 11 is 0. The number of carbonyl (C=O) groups is 1. The average Bonchev–Trinajstić information content (AvgIpc) is 2.89. The van der Waals surface area contributed by atoms with E-state index >= 15 is 0 Å². The molecule has 3 rings (SSSR count). The second-order valence-electron chi connectivity index (χ2n) is 7.09. The number of carbonyl (C=O) groups excluding carboxylic acids is 1. The summed E-state index contributed by atoms with van der Waals surface area (Å²) in [5.74, 6) is 2.15. The molecule has 3 fully saturated rings. The Morgan fingerprint density at radius 3 is 2.95 bits per heavy atom. The van der Waals surface area contributed by atoms with Gasteiger partial charge in [0.2, 0.25) is 0 Å². The molecule has 1 aliphatic carbocycles. The molecule has 3 nitrogen and oxygen atoms in total. The van der Waals surface area contributed by atoms with E-state index in [9.17, 15) is 4.79 Å². The van der Waals surface area contributed by atoms with Crippen LogP contribution in [0.15, 0.2) is 0 Å². The first-order valence-electron chi connectivity index (χ1n) is 8.47. The third-order valence-electron chi connectivity index (χ3n) is 5.66. The summed E-state index contributed by atoms with van der Waals surface area (Å²) in [5.41, 5.74) is -0.0547. The lowest BCUT2D eigenvalue weighted by atomic mass is 9.68. The van der Waals surface area contributed by atoms with Crippen LogP contribution in [0.5, 0.6) is 0 Å². The van der Waals surface area contributed by atoms with Gasteiger partial charge >= 0.3 is 0 Å². The fraction of sp³-hybridized carbons (Fsp3) is 0.941. The zero-order valence-corrected chi connectivity index (χ0v) is 12.7. The fourth-order valence-electron chi connectivity index (χ4n) is 4.54. The molecule has 2 heterocycles. The van der Waals surface area contributed by atoms with Gasteiger partial charge < -0.3 is 9.47 Å². The summed E-state index contributed by atoms with van der Waals surface area (Å²) in [4.78, 5) is 12.4. The molecule has 0 aromatic carbocycles. The van der Waals surface area contributed by atoms with E-state index in [4.69, 9.17) is 9.47 Å². The molecule has 2 aliphatic heterocycles. The van der Waals surface area contributed by atoms with Crippen LogP contribution in [-0.4, -0.2) is 31.2 Å². The molecule has 0 N–H and O–H groups in total. The minimum atomic E-state index is -0.0547. The molecule has 1 spiro atoms. The Kier molecular flexibility index (Phi) is 4.46. The van der Waals surface area contributed by atoms with Crippen molar-refractivity contribution in [3.63, 3.8) is 0 Å². The van der Waals surface area contributed by atoms with Gasteiger partial charge in [-0.2, -0.15) is 0 Å². The molecule has 4 unspecified atom stereocenters. The predicted octanol–water partition coefficient (Wildman–Crippen LogP) is 3.36. The number of rotatable bonds is 3. The second kappa shape index (κ2) is 6.15. The van der Waals surface area contributed by atoms with Crippen LogP contribution in [-0.2, 0) is 14.3 Å². The van der Waals surface area contributed by atoms with Gasteiger partial charge in [0.05, 0.1) is 12.2 Å². The molecule has 0 bridgehead atoms. The zero-order chi connectivity index (χ0) is 14.0. The molecule has 1 saturated carbocycles. The van der Waals surface area contributed by atoms with Gasteiger partial charge in [-0.1, -0.05) is 19.8 Å². The molecule has 2 saturated heterocycles. The van der Waals surface area contributed by atoms with Crippen molar-refractivity contribution in [3.05, 3.63) is 0 Å². The van der Waals surface area contributed by atoms with Crippen molar-refractivity contribution < 1.29 is 14.3 Å². The van der Waals surface area contributed by atoms with Crippen molar-refractivity contribution in [3.8, 4) is 0 Å². The highest BCUT2D eigenvalue weighted by molar-refractivity contribution is 5.82. The van der Waals surface area contributed by atoms with Gasteiger partial charge in [-0.05, 0) is 37.5 Å². The summed E-state index contributed by atoms with van der Waals surface area (Å²) in [5, 5.41) is 0. The van der Waals surface area contributed by atoms with E-state index in [1.165, 1.54) is 12.8 Å². The van der Waals surface area contributed by atoms with E-state index in [1.54, 1.807) is 0 Å². The summed E-state index contributed by atoms with van der Waals surface area (Å²) in [6, 6.07) is 0. The maximum atomic E-state index is 12.4. The Balaban J connectivity index is 1.65. The van der Waals surface area contributed by atoms with Crippen molar-refractivity contribution >= 4 is 5.78 Å². The SMILES string of the molecule is CCCC1CCC(=O)C(C2CCOC3(CCOC3)C2)C1. The Morgan fingerprint density at radius 2 is 2.20 bits per heavy atom. The van der Waals surface area contributed by atoms with E-state index in [1.807, 2.05) is 0 Å². The molecule has 0 amide bonds. The summed E-state index contributed by atoms with van der Waals surface area (Å²) in [7, 11) is 0. The Labute approximate surface area is 122 Å². The molecule has 114 valence electrons. The molecule has 3 heteroatoms. The van der Waals surface area contributed by atoms with Crippen molar-refractivity contribution in [1.29, 1.82) is 0 Å². The van der Waals surface area contributed by atoms with Crippen LogP contribution in [0.2, 0.25) is 0 Å². The number of hydrogen-bond acceptors (Lipinski definition) is 3. The van der Waals surface area contributed by atoms with E-state index in [2.05, 4.69) is 6.92 Å². The molecule has 4 atom stereocenters. The minimum Gasteiger partial charge on any atom is -0.378 e. The Bertz CT molecular complexity index is 346. The second-order valence-corrected chi connectivity index (χ2v) is 7.09. The summed E-state index contributed by atoms with van der Waals surface area (Å²) in [6.07, 6.45) is 8.74. The molecule has 0 aromatic rings. The minimum absolute atomic E-state index is 0.0547. The van der Waals surface area contributed by atoms with E-state index in [-0.39, 0.29) is 5.60 Å². The first-order chi connectivity index (χ1) is 9.72. The van der Waals surface area contributed by atoms with Gasteiger partial charge in [0.25, 0.3) is 0 Å². The van der Waals surface area contributed by atoms with Crippen LogP contribution in [0.3, 0.4) is 0 Å². The van der Waals surface area contributed by atoms with Crippen molar-refractivity contribution in [2.75, 3.05) is 19.8 Å². The number of Topliss-reactive ketones (excluding diaryl/α,β-unsaturated/α-hetero) is 1. The largest absolute Gasteiger partial charge is 0.378 e. The normalized spacial score (nSPS) is 42.2. The van der Waals surface area contributed by atoms with Crippen molar-refractivity contribution in [2.45, 2.75) is 63.9 Å². The van der Waals surface area contributed by atoms with Crippen LogP contribution in [0.4, 0.5) is 0 Å². The molecule has 0 radical (unpaired) electrons. The fourth-order valence-corrected chi connectivity index (χ4v) is 4.54. The highest BCUT2D eigenvalue weighted by Gasteiger charge is 2.45. The Morgan fingerprint density at radius 1 is 1.30 bits per heavy atom. The number of ketones is 1. The maximum Gasteiger partial charge on any atom is 0.136 e.